The van der Waals surface area contributed by atoms with Crippen LogP contribution in [-0.2, 0) is 4.79 Å². The monoisotopic (exact) mass is 502 g/mol. The maximum Gasteiger partial charge on any atom is 0.246 e. The molecule has 1 aliphatic carbocycles. The Balaban J connectivity index is 1.21. The third kappa shape index (κ3) is 4.43. The van der Waals surface area contributed by atoms with Crippen molar-refractivity contribution in [1.29, 1.82) is 0 Å². The van der Waals surface area contributed by atoms with Gasteiger partial charge in [-0.3, -0.25) is 9.69 Å². The molecule has 2 aromatic rings. The second kappa shape index (κ2) is 9.59. The summed E-state index contributed by atoms with van der Waals surface area (Å²) in [7, 11) is 0. The highest BCUT2D eigenvalue weighted by molar-refractivity contribution is 5.93. The van der Waals surface area contributed by atoms with E-state index < -0.39 is 0 Å². The molecule has 2 N–H and O–H groups in total. The van der Waals surface area contributed by atoms with Crippen LogP contribution in [0.2, 0.25) is 0 Å². The molecule has 2 saturated heterocycles. The third-order valence-corrected chi connectivity index (χ3v) is 8.61. The van der Waals surface area contributed by atoms with E-state index in [1.165, 1.54) is 19.3 Å². The van der Waals surface area contributed by atoms with Gasteiger partial charge in [0.2, 0.25) is 11.9 Å². The zero-order valence-corrected chi connectivity index (χ0v) is 22.2. The molecule has 9 heteroatoms. The molecule has 2 aromatic heterocycles. The van der Waals surface area contributed by atoms with Crippen LogP contribution in [0, 0.1) is 0 Å². The number of nitrogens with one attached hydrogen (secondary N) is 2. The molecule has 1 saturated carbocycles. The minimum absolute atomic E-state index is 0.0482. The number of amides is 1. The lowest BCUT2D eigenvalue weighted by Gasteiger charge is -2.54. The van der Waals surface area contributed by atoms with Crippen LogP contribution in [0.15, 0.2) is 30.6 Å². The van der Waals surface area contributed by atoms with Gasteiger partial charge in [0.1, 0.15) is 17.7 Å². The highest BCUT2D eigenvalue weighted by Gasteiger charge is 2.49. The summed E-state index contributed by atoms with van der Waals surface area (Å²) < 4.78 is 0. The van der Waals surface area contributed by atoms with Crippen LogP contribution in [0.25, 0.3) is 6.08 Å². The van der Waals surface area contributed by atoms with E-state index in [1.807, 2.05) is 30.6 Å². The number of hydrogen-bond donors (Lipinski definition) is 2. The molecule has 0 bridgehead atoms. The van der Waals surface area contributed by atoms with E-state index in [1.54, 1.807) is 0 Å². The number of carbonyl (C=O) groups excluding carboxylic acids is 1. The Hall–Kier alpha value is -3.20. The van der Waals surface area contributed by atoms with Crippen molar-refractivity contribution in [3.05, 3.63) is 36.2 Å². The van der Waals surface area contributed by atoms with Gasteiger partial charge < -0.3 is 20.4 Å². The van der Waals surface area contributed by atoms with Crippen molar-refractivity contribution in [2.24, 2.45) is 0 Å². The van der Waals surface area contributed by atoms with Gasteiger partial charge in [-0.2, -0.15) is 4.98 Å². The van der Waals surface area contributed by atoms with Gasteiger partial charge in [-0.15, -0.1) is 0 Å². The number of aromatic nitrogens is 3. The lowest BCUT2D eigenvalue weighted by Crippen LogP contribution is -2.69. The predicted octanol–water partition coefficient (Wildman–Crippen LogP) is 3.57. The maximum atomic E-state index is 12.8. The van der Waals surface area contributed by atoms with Crippen molar-refractivity contribution >= 4 is 35.3 Å². The van der Waals surface area contributed by atoms with Crippen LogP contribution in [-0.4, -0.2) is 75.6 Å². The van der Waals surface area contributed by atoms with Crippen LogP contribution in [0.1, 0.15) is 58.4 Å². The lowest BCUT2D eigenvalue weighted by molar-refractivity contribution is -0.123. The first kappa shape index (κ1) is 24.2. The molecule has 3 fully saturated rings. The summed E-state index contributed by atoms with van der Waals surface area (Å²) in [6, 6.07) is 4.88. The van der Waals surface area contributed by atoms with Crippen molar-refractivity contribution in [3.63, 3.8) is 0 Å². The second-order valence-corrected chi connectivity index (χ2v) is 11.3. The Morgan fingerprint density at radius 2 is 1.95 bits per heavy atom. The molecule has 37 heavy (non-hydrogen) atoms. The summed E-state index contributed by atoms with van der Waals surface area (Å²) in [6.07, 6.45) is 13.5. The van der Waals surface area contributed by atoms with E-state index >= 15 is 0 Å². The van der Waals surface area contributed by atoms with E-state index in [0.717, 1.165) is 49.5 Å². The number of hydrogen-bond acceptors (Lipinski definition) is 8. The average Bonchev–Trinajstić information content (AvgIpc) is 2.91. The molecule has 2 atom stereocenters. The molecule has 9 nitrogen and oxygen atoms in total. The highest BCUT2D eigenvalue weighted by atomic mass is 16.2. The van der Waals surface area contributed by atoms with Gasteiger partial charge in [-0.05, 0) is 45.7 Å². The first-order valence-electron chi connectivity index (χ1n) is 13.8. The molecule has 1 spiro atoms. The van der Waals surface area contributed by atoms with Gasteiger partial charge in [0.05, 0.1) is 17.4 Å². The standard InChI is InChI=1S/C28H38N8O/c1-19(2)35-14-13-34(17-20(35)3)22-8-10-24(29-16-22)32-27-30-15-21-7-9-23-26(37)31-18-28(11-5-4-6-12-28)36(23)25(21)33-27/h7-10,15-16,19-20,23H,4-6,11-14,17-18H2,1-3H3,(H,31,37)(H,29,30,32,33). The summed E-state index contributed by atoms with van der Waals surface area (Å²) >= 11 is 0. The van der Waals surface area contributed by atoms with Crippen LogP contribution >= 0.6 is 0 Å². The van der Waals surface area contributed by atoms with E-state index in [4.69, 9.17) is 4.98 Å². The largest absolute Gasteiger partial charge is 0.367 e. The van der Waals surface area contributed by atoms with Crippen LogP contribution in [0.5, 0.6) is 0 Å². The van der Waals surface area contributed by atoms with Crippen LogP contribution in [0.4, 0.5) is 23.3 Å². The fraction of sp³-hybridized carbons (Fsp3) is 0.571. The molecule has 196 valence electrons. The summed E-state index contributed by atoms with van der Waals surface area (Å²) in [5, 5.41) is 6.46. The Bertz CT molecular complexity index is 1170. The first-order valence-corrected chi connectivity index (χ1v) is 13.8. The van der Waals surface area contributed by atoms with E-state index in [0.29, 0.717) is 30.4 Å². The Kier molecular flexibility index (Phi) is 6.26. The van der Waals surface area contributed by atoms with Gasteiger partial charge >= 0.3 is 0 Å². The molecule has 2 unspecified atom stereocenters. The van der Waals surface area contributed by atoms with Gasteiger partial charge in [-0.1, -0.05) is 31.4 Å². The molecule has 1 amide bonds. The van der Waals surface area contributed by atoms with Crippen molar-refractivity contribution in [2.45, 2.75) is 76.5 Å². The molecule has 0 aromatic carbocycles. The molecule has 5 heterocycles. The van der Waals surface area contributed by atoms with E-state index in [2.05, 4.69) is 62.1 Å². The van der Waals surface area contributed by atoms with Gasteiger partial charge in [0.25, 0.3) is 0 Å². The van der Waals surface area contributed by atoms with Gasteiger partial charge in [-0.25, -0.2) is 9.97 Å². The molecule has 3 aliphatic heterocycles. The number of anilines is 4. The lowest BCUT2D eigenvalue weighted by atomic mass is 9.77. The summed E-state index contributed by atoms with van der Waals surface area (Å²) in [4.78, 5) is 34.2. The highest BCUT2D eigenvalue weighted by Crippen LogP contribution is 2.42. The minimum Gasteiger partial charge on any atom is -0.367 e. The van der Waals surface area contributed by atoms with Crippen molar-refractivity contribution in [1.82, 2.24) is 25.2 Å². The number of rotatable bonds is 4. The smallest absolute Gasteiger partial charge is 0.246 e. The minimum atomic E-state index is -0.321. The first-order chi connectivity index (χ1) is 17.9. The molecular weight excluding hydrogens is 464 g/mol. The second-order valence-electron chi connectivity index (χ2n) is 11.3. The number of nitrogens with zero attached hydrogens (tertiary/aromatic N) is 6. The Labute approximate surface area is 219 Å². The fourth-order valence-corrected chi connectivity index (χ4v) is 6.69. The van der Waals surface area contributed by atoms with Crippen molar-refractivity contribution < 1.29 is 4.79 Å². The predicted molar refractivity (Wildman–Crippen MR) is 147 cm³/mol. The molecule has 4 aliphatic rings. The number of fused-ring (bicyclic) bond motifs is 4. The summed E-state index contributed by atoms with van der Waals surface area (Å²) in [5.41, 5.74) is 2.01. The van der Waals surface area contributed by atoms with Crippen LogP contribution < -0.4 is 20.4 Å². The number of carbonyl (C=O) groups is 1. The number of piperazine rings is 2. The average molecular weight is 503 g/mol. The van der Waals surface area contributed by atoms with Crippen molar-refractivity contribution in [3.8, 4) is 0 Å². The SMILES string of the molecule is CC(C)N1CCN(c2ccc(Nc3ncc4c(n3)N3C(C=C4)C(=O)NCC34CCCCC4)nc2)CC1C. The normalized spacial score (nSPS) is 25.1. The number of pyridine rings is 1. The zero-order valence-electron chi connectivity index (χ0n) is 22.2. The van der Waals surface area contributed by atoms with Gasteiger partial charge in [0.15, 0.2) is 0 Å². The maximum absolute atomic E-state index is 12.8. The molecular formula is C28H38N8O. The Morgan fingerprint density at radius 3 is 2.68 bits per heavy atom. The van der Waals surface area contributed by atoms with Crippen molar-refractivity contribution in [2.75, 3.05) is 41.3 Å². The summed E-state index contributed by atoms with van der Waals surface area (Å²) in [6.45, 7) is 10.6. The zero-order chi connectivity index (χ0) is 25.6. The fourth-order valence-electron chi connectivity index (χ4n) is 6.69. The van der Waals surface area contributed by atoms with Crippen LogP contribution in [0.3, 0.4) is 0 Å². The Morgan fingerprint density at radius 1 is 1.11 bits per heavy atom. The van der Waals surface area contributed by atoms with E-state index in [-0.39, 0.29) is 17.5 Å². The molecule has 0 radical (unpaired) electrons. The topological polar surface area (TPSA) is 89.5 Å². The summed E-state index contributed by atoms with van der Waals surface area (Å²) in [5.74, 6) is 2.11. The quantitative estimate of drug-likeness (QED) is 0.656. The van der Waals surface area contributed by atoms with Gasteiger partial charge in [0, 0.05) is 50.0 Å². The van der Waals surface area contributed by atoms with E-state index in [9.17, 15) is 4.79 Å². The third-order valence-electron chi connectivity index (χ3n) is 8.61. The molecule has 6 rings (SSSR count).